The summed E-state index contributed by atoms with van der Waals surface area (Å²) in [7, 11) is -3.86. The summed E-state index contributed by atoms with van der Waals surface area (Å²) >= 11 is 0. The molecule has 0 radical (unpaired) electrons. The van der Waals surface area contributed by atoms with Crippen LogP contribution in [0.3, 0.4) is 0 Å². The zero-order valence-electron chi connectivity index (χ0n) is 17.0. The zero-order valence-corrected chi connectivity index (χ0v) is 17.8. The largest absolute Gasteiger partial charge is 0.328 e. The Morgan fingerprint density at radius 1 is 1.03 bits per heavy atom. The Labute approximate surface area is 177 Å². The lowest BCUT2D eigenvalue weighted by molar-refractivity contribution is -0.917. The van der Waals surface area contributed by atoms with Gasteiger partial charge in [-0.3, -0.25) is 4.79 Å². The minimum absolute atomic E-state index is 0.00793. The van der Waals surface area contributed by atoms with Gasteiger partial charge in [-0.1, -0.05) is 48.5 Å². The average molecular weight is 425 g/mol. The molecule has 1 saturated heterocycles. The Morgan fingerprint density at radius 3 is 2.47 bits per heavy atom. The second kappa shape index (κ2) is 8.18. The van der Waals surface area contributed by atoms with Crippen LogP contribution in [0, 0.1) is 6.92 Å². The predicted octanol–water partition coefficient (Wildman–Crippen LogP) is 1.34. The van der Waals surface area contributed by atoms with Gasteiger partial charge in [0, 0.05) is 11.1 Å². The normalized spacial score (nSPS) is 15.5. The van der Waals surface area contributed by atoms with Crippen molar-refractivity contribution in [1.29, 1.82) is 0 Å². The van der Waals surface area contributed by atoms with Crippen LogP contribution in [-0.2, 0) is 16.6 Å². The number of nitrogens with two attached hydrogens (primary N) is 1. The third-order valence-electron chi connectivity index (χ3n) is 5.82. The molecule has 1 amide bonds. The standard InChI is InChI=1S/C23H25N3O3S/c1-17-9-10-19(15-22(17)30(24,28)29)23(27)26-13-11-25(12-14-26)16-20-7-4-6-18-5-2-3-8-21(18)20/h2-10,15H,11-14,16H2,1H3,(H2,24,28,29)/p+1. The molecule has 0 bridgehead atoms. The number of hydrogen-bond donors (Lipinski definition) is 2. The lowest BCUT2D eigenvalue weighted by Gasteiger charge is -2.32. The maximum Gasteiger partial charge on any atom is 0.254 e. The Morgan fingerprint density at radius 2 is 1.73 bits per heavy atom. The van der Waals surface area contributed by atoms with E-state index < -0.39 is 10.0 Å². The second-order valence-corrected chi connectivity index (χ2v) is 9.41. The van der Waals surface area contributed by atoms with Gasteiger partial charge in [-0.2, -0.15) is 0 Å². The molecule has 30 heavy (non-hydrogen) atoms. The van der Waals surface area contributed by atoms with Gasteiger partial charge in [-0.05, 0) is 35.4 Å². The summed E-state index contributed by atoms with van der Waals surface area (Å²) in [5.74, 6) is -0.149. The van der Waals surface area contributed by atoms with E-state index in [4.69, 9.17) is 5.14 Å². The Kier molecular flexibility index (Phi) is 5.60. The summed E-state index contributed by atoms with van der Waals surface area (Å²) in [6.07, 6.45) is 0. The van der Waals surface area contributed by atoms with E-state index in [1.807, 2.05) is 0 Å². The lowest BCUT2D eigenvalue weighted by Crippen LogP contribution is -3.13. The summed E-state index contributed by atoms with van der Waals surface area (Å²) in [6.45, 7) is 5.56. The SMILES string of the molecule is Cc1ccc(C(=O)N2CC[NH+](Cc3cccc4ccccc34)CC2)cc1S(N)(=O)=O. The molecule has 3 aromatic carbocycles. The number of primary sulfonamides is 1. The molecule has 0 spiro atoms. The van der Waals surface area contributed by atoms with Crippen LogP contribution in [0.4, 0.5) is 0 Å². The number of fused-ring (bicyclic) bond motifs is 1. The molecule has 3 aromatic rings. The van der Waals surface area contributed by atoms with Crippen molar-refractivity contribution in [2.45, 2.75) is 18.4 Å². The Balaban J connectivity index is 1.44. The molecule has 0 aliphatic carbocycles. The quantitative estimate of drug-likeness (QED) is 0.663. The van der Waals surface area contributed by atoms with Crippen molar-refractivity contribution in [2.75, 3.05) is 26.2 Å². The first kappa shape index (κ1) is 20.5. The topological polar surface area (TPSA) is 84.9 Å². The van der Waals surface area contributed by atoms with Crippen LogP contribution in [0.5, 0.6) is 0 Å². The van der Waals surface area contributed by atoms with Gasteiger partial charge in [0.1, 0.15) is 6.54 Å². The summed E-state index contributed by atoms with van der Waals surface area (Å²) in [5.41, 5.74) is 2.22. The lowest BCUT2D eigenvalue weighted by atomic mass is 10.0. The average Bonchev–Trinajstić information content (AvgIpc) is 2.74. The van der Waals surface area contributed by atoms with E-state index in [0.29, 0.717) is 24.2 Å². The molecule has 6 nitrogen and oxygen atoms in total. The Hall–Kier alpha value is -2.74. The van der Waals surface area contributed by atoms with Crippen LogP contribution in [0.25, 0.3) is 10.8 Å². The first-order chi connectivity index (χ1) is 14.3. The summed E-state index contributed by atoms with van der Waals surface area (Å²) in [4.78, 5) is 16.1. The number of aryl methyl sites for hydroxylation is 1. The van der Waals surface area contributed by atoms with Crippen LogP contribution in [0.1, 0.15) is 21.5 Å². The molecule has 0 atom stereocenters. The van der Waals surface area contributed by atoms with E-state index >= 15 is 0 Å². The highest BCUT2D eigenvalue weighted by molar-refractivity contribution is 7.89. The third kappa shape index (κ3) is 4.23. The molecule has 0 saturated carbocycles. The summed E-state index contributed by atoms with van der Waals surface area (Å²) in [6, 6.07) is 19.5. The number of quaternary nitrogens is 1. The number of nitrogens with zero attached hydrogens (tertiary/aromatic N) is 1. The van der Waals surface area contributed by atoms with E-state index in [1.165, 1.54) is 27.3 Å². The number of piperazine rings is 1. The van der Waals surface area contributed by atoms with Crippen molar-refractivity contribution in [3.63, 3.8) is 0 Å². The fourth-order valence-corrected chi connectivity index (χ4v) is 4.95. The number of carbonyl (C=O) groups excluding carboxylic acids is 1. The molecule has 1 heterocycles. The number of amides is 1. The Bertz CT molecular complexity index is 1190. The van der Waals surface area contributed by atoms with E-state index in [2.05, 4.69) is 42.5 Å². The third-order valence-corrected chi connectivity index (χ3v) is 6.87. The molecule has 1 aliphatic heterocycles. The number of benzene rings is 3. The maximum absolute atomic E-state index is 12.9. The molecule has 4 rings (SSSR count). The van der Waals surface area contributed by atoms with Gasteiger partial charge in [-0.15, -0.1) is 0 Å². The molecule has 1 fully saturated rings. The number of hydrogen-bond acceptors (Lipinski definition) is 3. The van der Waals surface area contributed by atoms with Crippen LogP contribution >= 0.6 is 0 Å². The molecule has 1 aliphatic rings. The maximum atomic E-state index is 12.9. The smallest absolute Gasteiger partial charge is 0.254 e. The minimum atomic E-state index is -3.86. The van der Waals surface area contributed by atoms with E-state index in [0.717, 1.165) is 19.6 Å². The van der Waals surface area contributed by atoms with E-state index in [-0.39, 0.29) is 10.8 Å². The molecule has 156 valence electrons. The monoisotopic (exact) mass is 424 g/mol. The van der Waals surface area contributed by atoms with Gasteiger partial charge < -0.3 is 9.80 Å². The first-order valence-electron chi connectivity index (χ1n) is 10.1. The molecule has 7 heteroatoms. The summed E-state index contributed by atoms with van der Waals surface area (Å²) < 4.78 is 23.5. The van der Waals surface area contributed by atoms with Gasteiger partial charge in [0.25, 0.3) is 5.91 Å². The highest BCUT2D eigenvalue weighted by atomic mass is 32.2. The van der Waals surface area contributed by atoms with E-state index in [1.54, 1.807) is 24.0 Å². The second-order valence-electron chi connectivity index (χ2n) is 7.88. The van der Waals surface area contributed by atoms with Crippen LogP contribution in [-0.4, -0.2) is 45.4 Å². The molecule has 0 aromatic heterocycles. The number of nitrogens with one attached hydrogen (secondary N) is 1. The number of carbonyl (C=O) groups is 1. The van der Waals surface area contributed by atoms with Crippen LogP contribution in [0.15, 0.2) is 65.6 Å². The number of sulfonamides is 1. The molecule has 3 N–H and O–H groups in total. The van der Waals surface area contributed by atoms with E-state index in [9.17, 15) is 13.2 Å². The fourth-order valence-electron chi connectivity index (χ4n) is 4.14. The van der Waals surface area contributed by atoms with Crippen molar-refractivity contribution < 1.29 is 18.1 Å². The van der Waals surface area contributed by atoms with Crippen molar-refractivity contribution in [1.82, 2.24) is 4.90 Å². The van der Waals surface area contributed by atoms with Crippen LogP contribution < -0.4 is 10.0 Å². The van der Waals surface area contributed by atoms with Gasteiger partial charge in [0.2, 0.25) is 10.0 Å². The zero-order chi connectivity index (χ0) is 21.3. The molecular formula is C23H26N3O3S+. The van der Waals surface area contributed by atoms with Gasteiger partial charge in [-0.25, -0.2) is 13.6 Å². The van der Waals surface area contributed by atoms with Crippen molar-refractivity contribution in [3.8, 4) is 0 Å². The highest BCUT2D eigenvalue weighted by Gasteiger charge is 2.26. The first-order valence-corrected chi connectivity index (χ1v) is 11.6. The van der Waals surface area contributed by atoms with Crippen molar-refractivity contribution >= 4 is 26.7 Å². The van der Waals surface area contributed by atoms with Gasteiger partial charge >= 0.3 is 0 Å². The minimum Gasteiger partial charge on any atom is -0.328 e. The predicted molar refractivity (Wildman–Crippen MR) is 117 cm³/mol. The highest BCUT2D eigenvalue weighted by Crippen LogP contribution is 2.19. The van der Waals surface area contributed by atoms with Gasteiger partial charge in [0.05, 0.1) is 31.1 Å². The number of rotatable bonds is 4. The van der Waals surface area contributed by atoms with Gasteiger partial charge in [0.15, 0.2) is 0 Å². The van der Waals surface area contributed by atoms with Crippen LogP contribution in [0.2, 0.25) is 0 Å². The molecule has 0 unspecified atom stereocenters. The van der Waals surface area contributed by atoms with Crippen molar-refractivity contribution in [2.24, 2.45) is 5.14 Å². The summed E-state index contributed by atoms with van der Waals surface area (Å²) in [5, 5.41) is 7.80. The van der Waals surface area contributed by atoms with Crippen molar-refractivity contribution in [3.05, 3.63) is 77.4 Å². The fraction of sp³-hybridized carbons (Fsp3) is 0.261. The molecular weight excluding hydrogens is 398 g/mol.